The SMILES string of the molecule is O=C(Nc1cccc(C(F)(F)F)c1)ON=C1C(=O)N(c2ccccc2)c2ccccc21. The number of anilines is 3. The van der Waals surface area contributed by atoms with Gasteiger partial charge >= 0.3 is 12.3 Å². The first-order valence-corrected chi connectivity index (χ1v) is 9.07. The number of hydrogen-bond donors (Lipinski definition) is 1. The molecule has 1 heterocycles. The predicted molar refractivity (Wildman–Crippen MR) is 108 cm³/mol. The topological polar surface area (TPSA) is 71.0 Å². The van der Waals surface area contributed by atoms with Crippen LogP contribution in [0.3, 0.4) is 0 Å². The average molecular weight is 425 g/mol. The summed E-state index contributed by atoms with van der Waals surface area (Å²) in [6.07, 6.45) is -5.68. The van der Waals surface area contributed by atoms with Gasteiger partial charge in [0.25, 0.3) is 5.91 Å². The second kappa shape index (κ2) is 7.94. The fraction of sp³-hybridized carbons (Fsp3) is 0.0455. The monoisotopic (exact) mass is 425 g/mol. The number of rotatable bonds is 3. The quantitative estimate of drug-likeness (QED) is 0.455. The van der Waals surface area contributed by atoms with Crippen LogP contribution in [0, 0.1) is 0 Å². The number of benzene rings is 3. The highest BCUT2D eigenvalue weighted by Gasteiger charge is 2.35. The zero-order valence-electron chi connectivity index (χ0n) is 15.8. The van der Waals surface area contributed by atoms with Gasteiger partial charge in [0.15, 0.2) is 5.71 Å². The summed E-state index contributed by atoms with van der Waals surface area (Å²) in [6.45, 7) is 0. The Bertz CT molecular complexity index is 1180. The van der Waals surface area contributed by atoms with Gasteiger partial charge in [-0.3, -0.25) is 19.8 Å². The third kappa shape index (κ3) is 4.11. The molecule has 0 aromatic heterocycles. The van der Waals surface area contributed by atoms with Crippen LogP contribution in [0.4, 0.5) is 35.0 Å². The number of nitrogens with one attached hydrogen (secondary N) is 1. The number of nitrogens with zero attached hydrogens (tertiary/aromatic N) is 2. The van der Waals surface area contributed by atoms with Gasteiger partial charge in [0.2, 0.25) is 0 Å². The zero-order valence-corrected chi connectivity index (χ0v) is 15.8. The number of amides is 2. The van der Waals surface area contributed by atoms with Crippen LogP contribution in [0.1, 0.15) is 11.1 Å². The Balaban J connectivity index is 1.55. The fourth-order valence-electron chi connectivity index (χ4n) is 3.12. The lowest BCUT2D eigenvalue weighted by atomic mass is 10.1. The molecular weight excluding hydrogens is 411 g/mol. The Hall–Kier alpha value is -4.14. The number of para-hydroxylation sites is 2. The zero-order chi connectivity index (χ0) is 22.0. The van der Waals surface area contributed by atoms with Gasteiger partial charge in [-0.1, -0.05) is 47.6 Å². The summed E-state index contributed by atoms with van der Waals surface area (Å²) in [5, 5.41) is 5.85. The van der Waals surface area contributed by atoms with Crippen molar-refractivity contribution < 1.29 is 27.6 Å². The van der Waals surface area contributed by atoms with E-state index in [1.54, 1.807) is 48.5 Å². The lowest BCUT2D eigenvalue weighted by molar-refractivity contribution is -0.137. The maximum Gasteiger partial charge on any atom is 0.437 e. The standard InChI is InChI=1S/C22H14F3N3O3/c23-22(24,25)14-7-6-8-15(13-14)26-21(30)31-27-19-17-11-4-5-12-18(17)28(20(19)29)16-9-2-1-3-10-16/h1-13H,(H,26,30). The molecule has 0 fully saturated rings. The second-order valence-electron chi connectivity index (χ2n) is 6.52. The third-order valence-corrected chi connectivity index (χ3v) is 4.48. The fourth-order valence-corrected chi connectivity index (χ4v) is 3.12. The van der Waals surface area contributed by atoms with Crippen molar-refractivity contribution in [3.8, 4) is 0 Å². The molecule has 1 aliphatic heterocycles. The molecule has 0 saturated carbocycles. The summed E-state index contributed by atoms with van der Waals surface area (Å²) < 4.78 is 38.4. The number of carbonyl (C=O) groups excluding carboxylic acids is 2. The molecule has 1 N–H and O–H groups in total. The number of halogens is 3. The first-order chi connectivity index (χ1) is 14.8. The number of hydrogen-bond acceptors (Lipinski definition) is 4. The van der Waals surface area contributed by atoms with Crippen LogP contribution in [0.2, 0.25) is 0 Å². The van der Waals surface area contributed by atoms with Crippen molar-refractivity contribution in [1.29, 1.82) is 0 Å². The maximum absolute atomic E-state index is 12.9. The molecule has 2 amide bonds. The van der Waals surface area contributed by atoms with Crippen LogP contribution in [-0.4, -0.2) is 17.7 Å². The molecule has 3 aromatic rings. The summed E-state index contributed by atoms with van der Waals surface area (Å²) >= 11 is 0. The van der Waals surface area contributed by atoms with Gasteiger partial charge in [-0.2, -0.15) is 13.2 Å². The van der Waals surface area contributed by atoms with Crippen molar-refractivity contribution in [2.45, 2.75) is 6.18 Å². The highest BCUT2D eigenvalue weighted by molar-refractivity contribution is 6.55. The molecule has 0 spiro atoms. The molecule has 6 nitrogen and oxygen atoms in total. The predicted octanol–water partition coefficient (Wildman–Crippen LogP) is 5.34. The van der Waals surface area contributed by atoms with Gasteiger partial charge in [0.1, 0.15) is 0 Å². The van der Waals surface area contributed by atoms with E-state index >= 15 is 0 Å². The Labute approximate surface area is 174 Å². The Morgan fingerprint density at radius 3 is 2.39 bits per heavy atom. The molecule has 9 heteroatoms. The van der Waals surface area contributed by atoms with Gasteiger partial charge in [-0.25, -0.2) is 4.79 Å². The van der Waals surface area contributed by atoms with E-state index in [4.69, 9.17) is 4.84 Å². The molecule has 4 rings (SSSR count). The minimum absolute atomic E-state index is 0.0985. The van der Waals surface area contributed by atoms with E-state index in [2.05, 4.69) is 10.5 Å². The third-order valence-electron chi connectivity index (χ3n) is 4.48. The normalized spacial score (nSPS) is 14.5. The largest absolute Gasteiger partial charge is 0.437 e. The number of fused-ring (bicyclic) bond motifs is 1. The summed E-state index contributed by atoms with van der Waals surface area (Å²) in [5.74, 6) is -0.501. The highest BCUT2D eigenvalue weighted by atomic mass is 19.4. The molecule has 0 radical (unpaired) electrons. The van der Waals surface area contributed by atoms with Crippen LogP contribution in [-0.2, 0) is 15.8 Å². The lowest BCUT2D eigenvalue weighted by Crippen LogP contribution is -2.26. The first kappa shape index (κ1) is 20.1. The van der Waals surface area contributed by atoms with Gasteiger partial charge in [0.05, 0.1) is 11.3 Å². The molecule has 1 aliphatic rings. The molecule has 156 valence electrons. The molecular formula is C22H14F3N3O3. The smallest absolute Gasteiger partial charge is 0.297 e. The van der Waals surface area contributed by atoms with Crippen LogP contribution >= 0.6 is 0 Å². The molecule has 0 atom stereocenters. The van der Waals surface area contributed by atoms with Crippen molar-refractivity contribution in [1.82, 2.24) is 0 Å². The van der Waals surface area contributed by atoms with Crippen LogP contribution in [0.25, 0.3) is 0 Å². The van der Waals surface area contributed by atoms with Crippen molar-refractivity contribution in [3.63, 3.8) is 0 Å². The summed E-state index contributed by atoms with van der Waals surface area (Å²) in [5.41, 5.74) is 0.499. The van der Waals surface area contributed by atoms with Crippen molar-refractivity contribution >= 4 is 34.8 Å². The molecule has 0 aliphatic carbocycles. The van der Waals surface area contributed by atoms with E-state index in [1.165, 1.54) is 11.0 Å². The van der Waals surface area contributed by atoms with Crippen molar-refractivity contribution in [3.05, 3.63) is 90.0 Å². The van der Waals surface area contributed by atoms with Gasteiger partial charge in [-0.15, -0.1) is 0 Å². The van der Waals surface area contributed by atoms with E-state index < -0.39 is 23.7 Å². The number of alkyl halides is 3. The Kier molecular flexibility index (Phi) is 5.16. The van der Waals surface area contributed by atoms with Gasteiger partial charge in [-0.05, 0) is 36.4 Å². The Morgan fingerprint density at radius 1 is 0.935 bits per heavy atom. The minimum atomic E-state index is -4.55. The van der Waals surface area contributed by atoms with E-state index in [1.807, 2.05) is 6.07 Å². The average Bonchev–Trinajstić information content (AvgIpc) is 3.03. The maximum atomic E-state index is 12.9. The van der Waals surface area contributed by atoms with Crippen LogP contribution in [0.5, 0.6) is 0 Å². The van der Waals surface area contributed by atoms with Gasteiger partial charge < -0.3 is 0 Å². The molecule has 0 bridgehead atoms. The molecule has 3 aromatic carbocycles. The summed E-state index contributed by atoms with van der Waals surface area (Å²) in [7, 11) is 0. The molecule has 0 saturated heterocycles. The molecule has 31 heavy (non-hydrogen) atoms. The van der Waals surface area contributed by atoms with Gasteiger partial charge in [0, 0.05) is 16.9 Å². The van der Waals surface area contributed by atoms with E-state index in [0.717, 1.165) is 18.2 Å². The highest BCUT2D eigenvalue weighted by Crippen LogP contribution is 2.35. The lowest BCUT2D eigenvalue weighted by Gasteiger charge is -2.16. The summed E-state index contributed by atoms with van der Waals surface area (Å²) in [4.78, 5) is 31.2. The first-order valence-electron chi connectivity index (χ1n) is 9.07. The Morgan fingerprint density at radius 2 is 1.65 bits per heavy atom. The summed E-state index contributed by atoms with van der Waals surface area (Å²) in [6, 6.07) is 19.8. The second-order valence-corrected chi connectivity index (χ2v) is 6.52. The minimum Gasteiger partial charge on any atom is -0.297 e. The van der Waals surface area contributed by atoms with Crippen LogP contribution in [0.15, 0.2) is 84.0 Å². The van der Waals surface area contributed by atoms with E-state index in [0.29, 0.717) is 16.9 Å². The number of carbonyl (C=O) groups is 2. The van der Waals surface area contributed by atoms with E-state index in [-0.39, 0.29) is 11.4 Å². The van der Waals surface area contributed by atoms with Crippen molar-refractivity contribution in [2.75, 3.05) is 10.2 Å². The van der Waals surface area contributed by atoms with E-state index in [9.17, 15) is 22.8 Å². The van der Waals surface area contributed by atoms with Crippen LogP contribution < -0.4 is 10.2 Å². The van der Waals surface area contributed by atoms with Crippen molar-refractivity contribution in [2.24, 2.45) is 5.16 Å². The molecule has 0 unspecified atom stereocenters. The number of oxime groups is 1.